The maximum atomic E-state index is 11.7. The van der Waals surface area contributed by atoms with E-state index >= 15 is 0 Å². The molecule has 1 heterocycles. The van der Waals surface area contributed by atoms with Gasteiger partial charge in [-0.1, -0.05) is 6.07 Å². The van der Waals surface area contributed by atoms with Crippen molar-refractivity contribution in [2.75, 3.05) is 30.3 Å². The van der Waals surface area contributed by atoms with Gasteiger partial charge < -0.3 is 15.7 Å². The van der Waals surface area contributed by atoms with Crippen LogP contribution < -0.4 is 10.6 Å². The molecule has 110 valence electrons. The third-order valence-corrected chi connectivity index (χ3v) is 4.74. The number of amides is 1. The van der Waals surface area contributed by atoms with Crippen molar-refractivity contribution in [1.82, 2.24) is 10.6 Å². The molecule has 0 aromatic heterocycles. The van der Waals surface area contributed by atoms with E-state index in [-0.39, 0.29) is 11.9 Å². The Bertz CT molecular complexity index is 468. The summed E-state index contributed by atoms with van der Waals surface area (Å²) in [6, 6.07) is 5.57. The van der Waals surface area contributed by atoms with Gasteiger partial charge in [0.25, 0.3) is 0 Å². The van der Waals surface area contributed by atoms with Crippen LogP contribution in [0.2, 0.25) is 0 Å². The zero-order valence-corrected chi connectivity index (χ0v) is 13.0. The van der Waals surface area contributed by atoms with Crippen molar-refractivity contribution in [3.05, 3.63) is 29.3 Å². The first-order chi connectivity index (χ1) is 9.70. The summed E-state index contributed by atoms with van der Waals surface area (Å²) >= 11 is 5.71. The third kappa shape index (κ3) is 4.33. The van der Waals surface area contributed by atoms with Crippen molar-refractivity contribution in [2.45, 2.75) is 12.5 Å². The molecule has 6 heteroatoms. The largest absolute Gasteiger partial charge is 0.508 e. The molecule has 1 aliphatic rings. The van der Waals surface area contributed by atoms with E-state index in [1.165, 1.54) is 0 Å². The fraction of sp³-hybridized carbons (Fsp3) is 0.500. The standard InChI is InChI=1S/C14H20N2O2S2/c17-11-1-2-12-10(7-11)3-4-15-13(12)8-16-14(18)9-20-6-5-19/h1-2,7,13,15,17,19H,3-6,8-9H2,(H,16,18). The molecule has 2 rings (SSSR count). The van der Waals surface area contributed by atoms with Crippen LogP contribution in [0.5, 0.6) is 5.75 Å². The molecule has 0 spiro atoms. The Morgan fingerprint density at radius 2 is 2.40 bits per heavy atom. The second-order valence-corrected chi connectivity index (χ2v) is 6.27. The van der Waals surface area contributed by atoms with Gasteiger partial charge in [0, 0.05) is 18.3 Å². The van der Waals surface area contributed by atoms with E-state index in [9.17, 15) is 9.90 Å². The molecule has 1 unspecified atom stereocenters. The number of thioether (sulfide) groups is 1. The number of nitrogens with one attached hydrogen (secondary N) is 2. The summed E-state index contributed by atoms with van der Waals surface area (Å²) in [6.45, 7) is 1.45. The predicted molar refractivity (Wildman–Crippen MR) is 86.7 cm³/mol. The number of hydrogen-bond donors (Lipinski definition) is 4. The lowest BCUT2D eigenvalue weighted by Crippen LogP contribution is -2.39. The molecule has 0 aliphatic carbocycles. The minimum Gasteiger partial charge on any atom is -0.508 e. The Hall–Kier alpha value is -0.850. The molecule has 3 N–H and O–H groups in total. The molecule has 0 saturated carbocycles. The van der Waals surface area contributed by atoms with Gasteiger partial charge in [0.15, 0.2) is 0 Å². The molecule has 0 radical (unpaired) electrons. The number of rotatable bonds is 6. The minimum atomic E-state index is 0.0597. The highest BCUT2D eigenvalue weighted by Crippen LogP contribution is 2.25. The van der Waals surface area contributed by atoms with Crippen molar-refractivity contribution >= 4 is 30.3 Å². The Balaban J connectivity index is 1.87. The van der Waals surface area contributed by atoms with Gasteiger partial charge in [-0.25, -0.2) is 0 Å². The van der Waals surface area contributed by atoms with Gasteiger partial charge in [-0.2, -0.15) is 24.4 Å². The van der Waals surface area contributed by atoms with Crippen LogP contribution in [0, 0.1) is 0 Å². The number of fused-ring (bicyclic) bond motifs is 1. The van der Waals surface area contributed by atoms with Gasteiger partial charge in [0.1, 0.15) is 5.75 Å². The van der Waals surface area contributed by atoms with Gasteiger partial charge in [0.2, 0.25) is 5.91 Å². The first kappa shape index (κ1) is 15.5. The number of phenolic OH excluding ortho intramolecular Hbond substituents is 1. The molecule has 1 atom stereocenters. The average molecular weight is 312 g/mol. The van der Waals surface area contributed by atoms with Crippen molar-refractivity contribution < 1.29 is 9.90 Å². The van der Waals surface area contributed by atoms with Crippen molar-refractivity contribution in [2.24, 2.45) is 0 Å². The molecule has 0 fully saturated rings. The SMILES string of the molecule is O=C(CSCCS)NCC1NCCc2cc(O)ccc21. The number of aromatic hydroxyl groups is 1. The Morgan fingerprint density at radius 3 is 3.20 bits per heavy atom. The fourth-order valence-electron chi connectivity index (χ4n) is 2.32. The first-order valence-electron chi connectivity index (χ1n) is 6.71. The molecule has 4 nitrogen and oxygen atoms in total. The minimum absolute atomic E-state index is 0.0597. The molecule has 1 aliphatic heterocycles. The summed E-state index contributed by atoms with van der Waals surface area (Å²) in [5, 5.41) is 15.9. The Labute approximate surface area is 129 Å². The van der Waals surface area contributed by atoms with E-state index in [2.05, 4.69) is 23.3 Å². The smallest absolute Gasteiger partial charge is 0.230 e. The van der Waals surface area contributed by atoms with Crippen molar-refractivity contribution in [3.8, 4) is 5.75 Å². The van der Waals surface area contributed by atoms with Gasteiger partial charge >= 0.3 is 0 Å². The first-order valence-corrected chi connectivity index (χ1v) is 8.50. The number of carbonyl (C=O) groups is 1. The van der Waals surface area contributed by atoms with Crippen LogP contribution >= 0.6 is 24.4 Å². The lowest BCUT2D eigenvalue weighted by atomic mass is 9.94. The van der Waals surface area contributed by atoms with Gasteiger partial charge in [-0.15, -0.1) is 0 Å². The molecule has 0 saturated heterocycles. The quantitative estimate of drug-likeness (QED) is 0.473. The summed E-state index contributed by atoms with van der Waals surface area (Å²) in [7, 11) is 0. The van der Waals surface area contributed by atoms with E-state index in [0.717, 1.165) is 35.6 Å². The van der Waals surface area contributed by atoms with Gasteiger partial charge in [-0.05, 0) is 42.0 Å². The van der Waals surface area contributed by atoms with Crippen molar-refractivity contribution in [1.29, 1.82) is 0 Å². The molecular weight excluding hydrogens is 292 g/mol. The summed E-state index contributed by atoms with van der Waals surface area (Å²) < 4.78 is 0. The molecule has 1 amide bonds. The van der Waals surface area contributed by atoms with Crippen LogP contribution in [0.1, 0.15) is 17.2 Å². The Kier molecular flexibility index (Phi) is 6.06. The molecule has 20 heavy (non-hydrogen) atoms. The monoisotopic (exact) mass is 312 g/mol. The maximum absolute atomic E-state index is 11.7. The fourth-order valence-corrected chi connectivity index (χ4v) is 3.27. The second kappa shape index (κ2) is 7.81. The highest BCUT2D eigenvalue weighted by atomic mass is 32.2. The lowest BCUT2D eigenvalue weighted by Gasteiger charge is -2.27. The van der Waals surface area contributed by atoms with Crippen LogP contribution in [-0.4, -0.2) is 41.4 Å². The van der Waals surface area contributed by atoms with Crippen LogP contribution in [0.3, 0.4) is 0 Å². The predicted octanol–water partition coefficient (Wildman–Crippen LogP) is 1.36. The van der Waals surface area contributed by atoms with Crippen molar-refractivity contribution in [3.63, 3.8) is 0 Å². The average Bonchev–Trinajstić information content (AvgIpc) is 2.45. The number of benzene rings is 1. The zero-order chi connectivity index (χ0) is 14.4. The summed E-state index contributed by atoms with van der Waals surface area (Å²) in [5.74, 6) is 2.52. The normalized spacial score (nSPS) is 17.6. The third-order valence-electron chi connectivity index (χ3n) is 3.26. The van der Waals surface area contributed by atoms with E-state index in [1.807, 2.05) is 12.1 Å². The molecule has 1 aromatic rings. The zero-order valence-electron chi connectivity index (χ0n) is 11.3. The summed E-state index contributed by atoms with van der Waals surface area (Å²) in [5.41, 5.74) is 2.32. The van der Waals surface area contributed by atoms with Crippen LogP contribution in [0.25, 0.3) is 0 Å². The number of hydrogen-bond acceptors (Lipinski definition) is 5. The van der Waals surface area contributed by atoms with Gasteiger partial charge in [-0.3, -0.25) is 4.79 Å². The van der Waals surface area contributed by atoms with Crippen LogP contribution in [0.15, 0.2) is 18.2 Å². The summed E-state index contributed by atoms with van der Waals surface area (Å²) in [4.78, 5) is 11.7. The van der Waals surface area contributed by atoms with E-state index in [4.69, 9.17) is 0 Å². The van der Waals surface area contributed by atoms with E-state index in [0.29, 0.717) is 18.0 Å². The van der Waals surface area contributed by atoms with Gasteiger partial charge in [0.05, 0.1) is 5.75 Å². The number of phenols is 1. The summed E-state index contributed by atoms with van der Waals surface area (Å²) in [6.07, 6.45) is 0.909. The maximum Gasteiger partial charge on any atom is 0.230 e. The van der Waals surface area contributed by atoms with Crippen LogP contribution in [0.4, 0.5) is 0 Å². The lowest BCUT2D eigenvalue weighted by molar-refractivity contribution is -0.118. The highest BCUT2D eigenvalue weighted by molar-refractivity contribution is 8.00. The van der Waals surface area contributed by atoms with E-state index < -0.39 is 0 Å². The molecule has 0 bridgehead atoms. The molecule has 1 aromatic carbocycles. The molecular formula is C14H20N2O2S2. The highest BCUT2D eigenvalue weighted by Gasteiger charge is 2.20. The Morgan fingerprint density at radius 1 is 1.55 bits per heavy atom. The number of thiol groups is 1. The topological polar surface area (TPSA) is 61.4 Å². The van der Waals surface area contributed by atoms with Crippen LogP contribution in [-0.2, 0) is 11.2 Å². The second-order valence-electron chi connectivity index (χ2n) is 4.72. The number of carbonyl (C=O) groups excluding carboxylic acids is 1. The van der Waals surface area contributed by atoms with E-state index in [1.54, 1.807) is 17.8 Å².